The quantitative estimate of drug-likeness (QED) is 0.118. The summed E-state index contributed by atoms with van der Waals surface area (Å²) in [6, 6.07) is 0. The maximum Gasteiger partial charge on any atom is 0.0657 e. The van der Waals surface area contributed by atoms with E-state index in [9.17, 15) is 0 Å². The molecule has 230 valence electrons. The van der Waals surface area contributed by atoms with Crippen molar-refractivity contribution in [2.45, 2.75) is 107 Å². The Hall–Kier alpha value is -3.16. The first kappa shape index (κ1) is 38.8. The third kappa shape index (κ3) is 24.6. The third-order valence-corrected chi connectivity index (χ3v) is 6.67. The van der Waals surface area contributed by atoms with Crippen LogP contribution in [0.4, 0.5) is 0 Å². The second-order valence-electron chi connectivity index (χ2n) is 12.1. The third-order valence-electron chi connectivity index (χ3n) is 6.67. The molecule has 0 aliphatic heterocycles. The summed E-state index contributed by atoms with van der Waals surface area (Å²) in [5, 5.41) is 0. The molecule has 1 heteroatoms. The van der Waals surface area contributed by atoms with Crippen LogP contribution in [-0.4, -0.2) is 12.7 Å². The van der Waals surface area contributed by atoms with Crippen LogP contribution in [0.25, 0.3) is 0 Å². The maximum atomic E-state index is 5.45. The molecule has 0 heterocycles. The molecule has 0 bridgehead atoms. The Morgan fingerprint density at radius 1 is 0.524 bits per heavy atom. The van der Waals surface area contributed by atoms with E-state index in [0.717, 1.165) is 32.1 Å². The Kier molecular flexibility index (Phi) is 21.6. The van der Waals surface area contributed by atoms with Gasteiger partial charge < -0.3 is 4.74 Å². The number of hydrogen-bond donors (Lipinski definition) is 0. The van der Waals surface area contributed by atoms with E-state index >= 15 is 0 Å². The monoisotopic (exact) mass is 568 g/mol. The molecule has 0 aromatic carbocycles. The minimum Gasteiger partial charge on any atom is -0.378 e. The van der Waals surface area contributed by atoms with Crippen molar-refractivity contribution in [2.24, 2.45) is 0 Å². The summed E-state index contributed by atoms with van der Waals surface area (Å²) in [6.07, 6.45) is 42.2. The highest BCUT2D eigenvalue weighted by Gasteiger charge is 2.12. The van der Waals surface area contributed by atoms with Crippen molar-refractivity contribution in [3.63, 3.8) is 0 Å². The standard InChI is InChI=1S/C41H60O/c1-34(2)20-14-23-37(5)26-17-29-38(6)27-15-24-35(3)21-12-13-22-36(4)25-16-28-39(7)30-18-31-40(8)32-19-33-41(9,10)42-11/h12-13,15-16,18-22,24-28,30-32H,14,17,23,29,33H2,1-11H3/b13-12+,24-15+,25-16+,30-18+,32-19-,35-21+,36-22+,37-26+,38-27+,39-28+,40-31+. The van der Waals surface area contributed by atoms with Gasteiger partial charge in [0.25, 0.3) is 0 Å². The summed E-state index contributed by atoms with van der Waals surface area (Å²) in [7, 11) is 1.76. The molecular formula is C41H60O. The van der Waals surface area contributed by atoms with E-state index in [1.807, 2.05) is 0 Å². The van der Waals surface area contributed by atoms with Crippen molar-refractivity contribution < 1.29 is 4.74 Å². The predicted molar refractivity (Wildman–Crippen MR) is 192 cm³/mol. The number of methoxy groups -OCH3 is 1. The van der Waals surface area contributed by atoms with Gasteiger partial charge in [-0.05, 0) is 101 Å². The lowest BCUT2D eigenvalue weighted by Gasteiger charge is -2.20. The van der Waals surface area contributed by atoms with E-state index in [1.165, 1.54) is 39.0 Å². The molecule has 0 aromatic heterocycles. The first-order valence-electron chi connectivity index (χ1n) is 15.4. The summed E-state index contributed by atoms with van der Waals surface area (Å²) in [5.74, 6) is 0. The van der Waals surface area contributed by atoms with Gasteiger partial charge in [-0.15, -0.1) is 0 Å². The highest BCUT2D eigenvalue weighted by Crippen LogP contribution is 2.14. The Labute approximate surface area is 260 Å². The van der Waals surface area contributed by atoms with Crippen LogP contribution in [-0.2, 0) is 4.74 Å². The predicted octanol–water partition coefficient (Wildman–Crippen LogP) is 12.8. The van der Waals surface area contributed by atoms with E-state index in [2.05, 4.69) is 173 Å². The summed E-state index contributed by atoms with van der Waals surface area (Å²) in [4.78, 5) is 0. The van der Waals surface area contributed by atoms with Gasteiger partial charge in [-0.2, -0.15) is 0 Å². The van der Waals surface area contributed by atoms with Crippen LogP contribution < -0.4 is 0 Å². The lowest BCUT2D eigenvalue weighted by atomic mass is 10.0. The normalized spacial score (nSPS) is 15.5. The van der Waals surface area contributed by atoms with Gasteiger partial charge in [0.1, 0.15) is 0 Å². The van der Waals surface area contributed by atoms with Gasteiger partial charge in [0.15, 0.2) is 0 Å². The fraction of sp³-hybridized carbons (Fsp3) is 0.415. The van der Waals surface area contributed by atoms with E-state index in [4.69, 9.17) is 4.74 Å². The number of ether oxygens (including phenoxy) is 1. The molecule has 0 fully saturated rings. The fourth-order valence-corrected chi connectivity index (χ4v) is 3.64. The molecule has 0 radical (unpaired) electrons. The lowest BCUT2D eigenvalue weighted by Crippen LogP contribution is -2.20. The van der Waals surface area contributed by atoms with E-state index < -0.39 is 0 Å². The first-order chi connectivity index (χ1) is 19.8. The Balaban J connectivity index is 4.66. The van der Waals surface area contributed by atoms with Gasteiger partial charge in [-0.3, -0.25) is 0 Å². The molecule has 0 saturated carbocycles. The molecule has 0 aliphatic rings. The molecule has 42 heavy (non-hydrogen) atoms. The van der Waals surface area contributed by atoms with Crippen LogP contribution in [0.5, 0.6) is 0 Å². The molecule has 0 N–H and O–H groups in total. The summed E-state index contributed by atoms with van der Waals surface area (Å²) >= 11 is 0. The molecule has 0 amide bonds. The van der Waals surface area contributed by atoms with Gasteiger partial charge in [0.2, 0.25) is 0 Å². The second-order valence-corrected chi connectivity index (χ2v) is 12.1. The van der Waals surface area contributed by atoms with E-state index in [1.54, 1.807) is 7.11 Å². The second kappa shape index (κ2) is 23.4. The van der Waals surface area contributed by atoms with Gasteiger partial charge in [0, 0.05) is 7.11 Å². The van der Waals surface area contributed by atoms with Crippen LogP contribution in [0, 0.1) is 0 Å². The molecule has 0 aromatic rings. The molecule has 0 saturated heterocycles. The first-order valence-corrected chi connectivity index (χ1v) is 15.4. The van der Waals surface area contributed by atoms with E-state index in [0.29, 0.717) is 0 Å². The number of rotatable bonds is 18. The molecule has 0 rings (SSSR count). The molecule has 0 spiro atoms. The highest BCUT2D eigenvalue weighted by atomic mass is 16.5. The summed E-state index contributed by atoms with van der Waals surface area (Å²) in [5.41, 5.74) is 9.06. The molecule has 0 atom stereocenters. The van der Waals surface area contributed by atoms with Gasteiger partial charge in [-0.1, -0.05) is 142 Å². The molecule has 1 nitrogen and oxygen atoms in total. The van der Waals surface area contributed by atoms with Crippen molar-refractivity contribution in [3.05, 3.63) is 142 Å². The van der Waals surface area contributed by atoms with Crippen LogP contribution in [0.3, 0.4) is 0 Å². The fourth-order valence-electron chi connectivity index (χ4n) is 3.64. The lowest BCUT2D eigenvalue weighted by molar-refractivity contribution is 0.0255. The zero-order chi connectivity index (χ0) is 31.8. The number of hydrogen-bond acceptors (Lipinski definition) is 1. The highest BCUT2D eigenvalue weighted by molar-refractivity contribution is 5.32. The largest absolute Gasteiger partial charge is 0.378 e. The number of allylic oxidation sites excluding steroid dienone is 23. The molecular weight excluding hydrogens is 508 g/mol. The van der Waals surface area contributed by atoms with Crippen molar-refractivity contribution in [3.8, 4) is 0 Å². The van der Waals surface area contributed by atoms with E-state index in [-0.39, 0.29) is 5.60 Å². The van der Waals surface area contributed by atoms with Crippen molar-refractivity contribution in [1.29, 1.82) is 0 Å². The Bertz CT molecular complexity index is 1150. The summed E-state index contributed by atoms with van der Waals surface area (Å²) < 4.78 is 5.45. The van der Waals surface area contributed by atoms with Crippen LogP contribution in [0.15, 0.2) is 142 Å². The van der Waals surface area contributed by atoms with Crippen molar-refractivity contribution >= 4 is 0 Å². The van der Waals surface area contributed by atoms with Crippen molar-refractivity contribution in [2.75, 3.05) is 7.11 Å². The van der Waals surface area contributed by atoms with Crippen LogP contribution >= 0.6 is 0 Å². The van der Waals surface area contributed by atoms with Gasteiger partial charge in [0.05, 0.1) is 5.60 Å². The van der Waals surface area contributed by atoms with Crippen LogP contribution in [0.2, 0.25) is 0 Å². The Morgan fingerprint density at radius 3 is 1.45 bits per heavy atom. The maximum absolute atomic E-state index is 5.45. The van der Waals surface area contributed by atoms with Gasteiger partial charge in [-0.25, -0.2) is 0 Å². The van der Waals surface area contributed by atoms with Crippen molar-refractivity contribution in [1.82, 2.24) is 0 Å². The van der Waals surface area contributed by atoms with Crippen LogP contribution in [0.1, 0.15) is 101 Å². The average molecular weight is 569 g/mol. The van der Waals surface area contributed by atoms with Gasteiger partial charge >= 0.3 is 0 Å². The SMILES string of the molecule is COC(C)(C)C\C=C/C(C)=C/C=C/C(C)=C/C=C/C(C)=C/C=C/C=C(C)/C=C/C=C(\C)CC/C=C(\C)CCC=C(C)C. The molecule has 0 unspecified atom stereocenters. The summed E-state index contributed by atoms with van der Waals surface area (Å²) in [6.45, 7) is 21.5. The zero-order valence-corrected chi connectivity index (χ0v) is 28.8. The smallest absolute Gasteiger partial charge is 0.0657 e. The average Bonchev–Trinajstić information content (AvgIpc) is 2.91. The molecule has 0 aliphatic carbocycles. The zero-order valence-electron chi connectivity index (χ0n) is 28.8. The topological polar surface area (TPSA) is 9.23 Å². The Morgan fingerprint density at radius 2 is 0.952 bits per heavy atom. The minimum atomic E-state index is -0.118. The minimum absolute atomic E-state index is 0.118.